The molecule has 10 heteroatoms. The first-order chi connectivity index (χ1) is 14.8. The first-order valence-electron chi connectivity index (χ1n) is 9.90. The zero-order valence-electron chi connectivity index (χ0n) is 16.4. The van der Waals surface area contributed by atoms with Crippen LogP contribution in [0.5, 0.6) is 5.75 Å². The van der Waals surface area contributed by atoms with Gasteiger partial charge in [-0.15, -0.1) is 16.4 Å². The number of benzene rings is 1. The lowest BCUT2D eigenvalue weighted by Crippen LogP contribution is -2.25. The summed E-state index contributed by atoms with van der Waals surface area (Å²) in [6.45, 7) is 4.04. The fraction of sp³-hybridized carbons (Fsp3) is 0.300. The van der Waals surface area contributed by atoms with Crippen LogP contribution in [-0.4, -0.2) is 55.9 Å². The Kier molecular flexibility index (Phi) is 5.16. The average molecular weight is 423 g/mol. The Morgan fingerprint density at radius 3 is 2.77 bits per heavy atom. The fourth-order valence-corrected chi connectivity index (χ4v) is 4.34. The number of nitrogens with two attached hydrogens (primary N) is 1. The minimum absolute atomic E-state index is 0.257. The van der Waals surface area contributed by atoms with Crippen molar-refractivity contribution < 1.29 is 4.74 Å². The largest absolute Gasteiger partial charge is 0.492 e. The highest BCUT2D eigenvalue weighted by Crippen LogP contribution is 2.26. The number of ether oxygens (including phenoxy) is 1. The second-order valence-corrected chi connectivity index (χ2v) is 8.00. The minimum atomic E-state index is 0.257. The van der Waals surface area contributed by atoms with Crippen molar-refractivity contribution >= 4 is 39.1 Å². The molecule has 0 amide bonds. The van der Waals surface area contributed by atoms with Crippen LogP contribution >= 0.6 is 11.3 Å². The molecule has 1 aliphatic rings. The molecule has 0 radical (unpaired) electrons. The summed E-state index contributed by atoms with van der Waals surface area (Å²) >= 11 is 1.54. The van der Waals surface area contributed by atoms with E-state index >= 15 is 0 Å². The van der Waals surface area contributed by atoms with Crippen LogP contribution in [0.15, 0.2) is 42.0 Å². The molecule has 4 heterocycles. The molecule has 154 valence electrons. The second kappa shape index (κ2) is 8.25. The van der Waals surface area contributed by atoms with Crippen molar-refractivity contribution in [3.63, 3.8) is 0 Å². The minimum Gasteiger partial charge on any atom is -0.492 e. The molecule has 0 atom stereocenters. The molecule has 1 aliphatic heterocycles. The normalized spacial score (nSPS) is 14.4. The molecule has 0 unspecified atom stereocenters. The van der Waals surface area contributed by atoms with Crippen LogP contribution < -0.4 is 15.8 Å². The van der Waals surface area contributed by atoms with E-state index in [-0.39, 0.29) is 5.95 Å². The van der Waals surface area contributed by atoms with Crippen molar-refractivity contribution in [3.8, 4) is 11.6 Å². The summed E-state index contributed by atoms with van der Waals surface area (Å²) in [4.78, 5) is 15.3. The topological polar surface area (TPSA) is 107 Å². The monoisotopic (exact) mass is 422 g/mol. The van der Waals surface area contributed by atoms with E-state index in [1.54, 1.807) is 11.3 Å². The first-order valence-corrected chi connectivity index (χ1v) is 10.8. The Morgan fingerprint density at radius 1 is 1.10 bits per heavy atom. The summed E-state index contributed by atoms with van der Waals surface area (Å²) in [5.74, 6) is 2.12. The number of fused-ring (bicyclic) bond motifs is 1. The van der Waals surface area contributed by atoms with Crippen LogP contribution in [0, 0.1) is 0 Å². The van der Waals surface area contributed by atoms with Gasteiger partial charge in [0.1, 0.15) is 18.7 Å². The van der Waals surface area contributed by atoms with Crippen molar-refractivity contribution in [2.45, 2.75) is 12.8 Å². The zero-order chi connectivity index (χ0) is 20.3. The molecule has 9 nitrogen and oxygen atoms in total. The second-order valence-electron chi connectivity index (χ2n) is 7.08. The van der Waals surface area contributed by atoms with Gasteiger partial charge < -0.3 is 15.8 Å². The number of rotatable bonds is 7. The van der Waals surface area contributed by atoms with Crippen molar-refractivity contribution in [2.75, 3.05) is 37.3 Å². The van der Waals surface area contributed by atoms with E-state index in [9.17, 15) is 0 Å². The molecule has 0 spiro atoms. The molecule has 3 N–H and O–H groups in total. The lowest BCUT2D eigenvalue weighted by Gasteiger charge is -2.15. The standard InChI is InChI=1S/C20H22N8OS/c21-19-25-20(26-28(19)18-17-16(7-12-30-17)22-13-23-18)24-14-3-5-15(6-4-14)29-11-10-27-8-1-2-9-27/h3-7,12-13H,1-2,8-11H2,(H3,21,24,25,26). The van der Waals surface area contributed by atoms with Gasteiger partial charge >= 0.3 is 0 Å². The maximum Gasteiger partial charge on any atom is 0.248 e. The summed E-state index contributed by atoms with van der Waals surface area (Å²) in [5, 5.41) is 9.61. The number of thiophene rings is 1. The maximum absolute atomic E-state index is 6.09. The van der Waals surface area contributed by atoms with Crippen LogP contribution in [0.3, 0.4) is 0 Å². The first kappa shape index (κ1) is 18.8. The molecule has 0 saturated carbocycles. The molecule has 1 fully saturated rings. The Morgan fingerprint density at radius 2 is 1.93 bits per heavy atom. The smallest absolute Gasteiger partial charge is 0.248 e. The third-order valence-electron chi connectivity index (χ3n) is 5.04. The summed E-state index contributed by atoms with van der Waals surface area (Å²) in [5.41, 5.74) is 7.79. The average Bonchev–Trinajstić information content (AvgIpc) is 3.50. The summed E-state index contributed by atoms with van der Waals surface area (Å²) in [7, 11) is 0. The number of anilines is 3. The van der Waals surface area contributed by atoms with Gasteiger partial charge in [-0.3, -0.25) is 4.90 Å². The van der Waals surface area contributed by atoms with Gasteiger partial charge in [-0.05, 0) is 61.6 Å². The molecular weight excluding hydrogens is 400 g/mol. The summed E-state index contributed by atoms with van der Waals surface area (Å²) in [6.07, 6.45) is 4.09. The molecule has 1 aromatic carbocycles. The Bertz CT molecular complexity index is 1130. The highest BCUT2D eigenvalue weighted by molar-refractivity contribution is 7.17. The van der Waals surface area contributed by atoms with Crippen LogP contribution in [0.2, 0.25) is 0 Å². The Labute approximate surface area is 177 Å². The van der Waals surface area contributed by atoms with Crippen LogP contribution in [0.4, 0.5) is 17.6 Å². The van der Waals surface area contributed by atoms with Crippen LogP contribution in [0.25, 0.3) is 16.0 Å². The molecule has 5 rings (SSSR count). The molecule has 0 aliphatic carbocycles. The lowest BCUT2D eigenvalue weighted by molar-refractivity contribution is 0.238. The van der Waals surface area contributed by atoms with Crippen molar-refractivity contribution in [1.82, 2.24) is 29.6 Å². The predicted molar refractivity (Wildman–Crippen MR) is 118 cm³/mol. The van der Waals surface area contributed by atoms with Gasteiger partial charge in [-0.2, -0.15) is 9.67 Å². The van der Waals surface area contributed by atoms with Crippen molar-refractivity contribution in [2.24, 2.45) is 0 Å². The number of aromatic nitrogens is 5. The SMILES string of the molecule is Nc1nc(Nc2ccc(OCCN3CCCC3)cc2)nn1-c1ncnc2ccsc12. The van der Waals surface area contributed by atoms with Gasteiger partial charge in [0, 0.05) is 12.2 Å². The maximum atomic E-state index is 6.09. The van der Waals surface area contributed by atoms with Gasteiger partial charge in [0.05, 0.1) is 10.2 Å². The van der Waals surface area contributed by atoms with Gasteiger partial charge in [-0.25, -0.2) is 9.97 Å². The van der Waals surface area contributed by atoms with Crippen molar-refractivity contribution in [1.29, 1.82) is 0 Å². The van der Waals surface area contributed by atoms with Gasteiger partial charge in [0.15, 0.2) is 5.82 Å². The van der Waals surface area contributed by atoms with E-state index in [0.717, 1.165) is 28.2 Å². The van der Waals surface area contributed by atoms with Gasteiger partial charge in [0.2, 0.25) is 11.9 Å². The molecule has 1 saturated heterocycles. The number of hydrogen-bond donors (Lipinski definition) is 2. The van der Waals surface area contributed by atoms with E-state index in [2.05, 4.69) is 30.3 Å². The van der Waals surface area contributed by atoms with E-state index in [1.165, 1.54) is 36.9 Å². The number of hydrogen-bond acceptors (Lipinski definition) is 9. The predicted octanol–water partition coefficient (Wildman–Crippen LogP) is 3.07. The Hall–Kier alpha value is -3.24. The summed E-state index contributed by atoms with van der Waals surface area (Å²) < 4.78 is 8.29. The van der Waals surface area contributed by atoms with Crippen LogP contribution in [0.1, 0.15) is 12.8 Å². The molecule has 0 bridgehead atoms. The summed E-state index contributed by atoms with van der Waals surface area (Å²) in [6, 6.07) is 9.68. The van der Waals surface area contributed by atoms with E-state index < -0.39 is 0 Å². The lowest BCUT2D eigenvalue weighted by atomic mass is 10.3. The zero-order valence-corrected chi connectivity index (χ0v) is 17.2. The third kappa shape index (κ3) is 3.91. The molecule has 30 heavy (non-hydrogen) atoms. The number of nitrogen functional groups attached to an aromatic ring is 1. The quantitative estimate of drug-likeness (QED) is 0.468. The molecular formula is C20H22N8OS. The van der Waals surface area contributed by atoms with Crippen LogP contribution in [-0.2, 0) is 0 Å². The highest BCUT2D eigenvalue weighted by Gasteiger charge is 2.14. The molecule has 4 aromatic rings. The van der Waals surface area contributed by atoms with Gasteiger partial charge in [0.25, 0.3) is 0 Å². The Balaban J connectivity index is 1.25. The third-order valence-corrected chi connectivity index (χ3v) is 5.94. The van der Waals surface area contributed by atoms with Crippen molar-refractivity contribution in [3.05, 3.63) is 42.0 Å². The number of likely N-dealkylation sites (tertiary alicyclic amines) is 1. The highest BCUT2D eigenvalue weighted by atomic mass is 32.1. The van der Waals surface area contributed by atoms with E-state index in [0.29, 0.717) is 18.4 Å². The molecule has 3 aromatic heterocycles. The number of nitrogens with zero attached hydrogens (tertiary/aromatic N) is 6. The fourth-order valence-electron chi connectivity index (χ4n) is 3.52. The van der Waals surface area contributed by atoms with Gasteiger partial charge in [-0.1, -0.05) is 0 Å². The number of nitrogens with one attached hydrogen (secondary N) is 1. The van der Waals surface area contributed by atoms with E-state index in [1.807, 2.05) is 35.7 Å². The van der Waals surface area contributed by atoms with E-state index in [4.69, 9.17) is 10.5 Å².